The first-order valence-electron chi connectivity index (χ1n) is 6.49. The predicted molar refractivity (Wildman–Crippen MR) is 72.0 cm³/mol. The fourth-order valence-corrected chi connectivity index (χ4v) is 1.37. The van der Waals surface area contributed by atoms with Gasteiger partial charge in [-0.2, -0.15) is 0 Å². The van der Waals surface area contributed by atoms with E-state index in [0.717, 1.165) is 0 Å². The van der Waals surface area contributed by atoms with E-state index in [1.54, 1.807) is 41.5 Å². The van der Waals surface area contributed by atoms with Crippen LogP contribution in [0.25, 0.3) is 0 Å². The lowest BCUT2D eigenvalue weighted by atomic mass is 10.0. The van der Waals surface area contributed by atoms with E-state index in [1.807, 2.05) is 0 Å². The van der Waals surface area contributed by atoms with Gasteiger partial charge in [0.05, 0.1) is 0 Å². The molecule has 1 atom stereocenters. The Morgan fingerprint density at radius 1 is 0.950 bits per heavy atom. The Morgan fingerprint density at radius 3 is 1.75 bits per heavy atom. The Balaban J connectivity index is 4.54. The summed E-state index contributed by atoms with van der Waals surface area (Å²) in [7, 11) is 0. The summed E-state index contributed by atoms with van der Waals surface area (Å²) >= 11 is 0. The number of aliphatic carboxylic acids is 1. The topological polar surface area (TPSA) is 89.9 Å². The molecule has 0 aromatic carbocycles. The van der Waals surface area contributed by atoms with Crippen molar-refractivity contribution >= 4 is 17.9 Å². The SMILES string of the molecule is CC(C)(C)OC(=O)CCC(C(=O)O)C(=O)OC(C)(C)C. The number of carboxylic acid groups (broad SMARTS) is 1. The highest BCUT2D eigenvalue weighted by molar-refractivity contribution is 5.94. The van der Waals surface area contributed by atoms with E-state index in [9.17, 15) is 14.4 Å². The summed E-state index contributed by atoms with van der Waals surface area (Å²) < 4.78 is 10.1. The summed E-state index contributed by atoms with van der Waals surface area (Å²) in [5.74, 6) is -4.04. The van der Waals surface area contributed by atoms with Gasteiger partial charge in [0, 0.05) is 6.42 Å². The summed E-state index contributed by atoms with van der Waals surface area (Å²) in [6.07, 6.45) is -0.285. The molecule has 1 N–H and O–H groups in total. The van der Waals surface area contributed by atoms with Crippen LogP contribution in [-0.2, 0) is 23.9 Å². The van der Waals surface area contributed by atoms with Gasteiger partial charge in [0.1, 0.15) is 11.2 Å². The summed E-state index contributed by atoms with van der Waals surface area (Å²) in [5.41, 5.74) is -1.40. The number of ether oxygens (including phenoxy) is 2. The molecule has 116 valence electrons. The Morgan fingerprint density at radius 2 is 1.40 bits per heavy atom. The van der Waals surface area contributed by atoms with E-state index < -0.39 is 35.0 Å². The third-order valence-corrected chi connectivity index (χ3v) is 2.05. The zero-order valence-corrected chi connectivity index (χ0v) is 13.0. The first-order valence-corrected chi connectivity index (χ1v) is 6.49. The summed E-state index contributed by atoms with van der Waals surface area (Å²) in [6.45, 7) is 10.1. The van der Waals surface area contributed by atoms with Gasteiger partial charge >= 0.3 is 17.9 Å². The van der Waals surface area contributed by atoms with Crippen molar-refractivity contribution in [3.05, 3.63) is 0 Å². The Bertz CT molecular complexity index is 372. The molecule has 6 nitrogen and oxygen atoms in total. The van der Waals surface area contributed by atoms with E-state index in [4.69, 9.17) is 14.6 Å². The molecule has 6 heteroatoms. The quantitative estimate of drug-likeness (QED) is 0.616. The maximum atomic E-state index is 11.7. The van der Waals surface area contributed by atoms with Crippen molar-refractivity contribution in [1.82, 2.24) is 0 Å². The predicted octanol–water partition coefficient (Wildman–Crippen LogP) is 2.15. The van der Waals surface area contributed by atoms with Gasteiger partial charge in [0.25, 0.3) is 0 Å². The summed E-state index contributed by atoms with van der Waals surface area (Å²) in [6, 6.07) is 0. The van der Waals surface area contributed by atoms with Crippen LogP contribution in [0.5, 0.6) is 0 Å². The van der Waals surface area contributed by atoms with E-state index in [1.165, 1.54) is 0 Å². The average molecular weight is 288 g/mol. The molecule has 0 bridgehead atoms. The highest BCUT2D eigenvalue weighted by atomic mass is 16.6. The smallest absolute Gasteiger partial charge is 0.320 e. The lowest BCUT2D eigenvalue weighted by molar-refractivity contribution is -0.167. The maximum Gasteiger partial charge on any atom is 0.320 e. The number of carboxylic acids is 1. The number of carbonyl (C=O) groups is 3. The van der Waals surface area contributed by atoms with E-state index in [-0.39, 0.29) is 12.8 Å². The maximum absolute atomic E-state index is 11.7. The molecule has 20 heavy (non-hydrogen) atoms. The number of hydrogen-bond donors (Lipinski definition) is 1. The van der Waals surface area contributed by atoms with Gasteiger partial charge in [-0.15, -0.1) is 0 Å². The van der Waals surface area contributed by atoms with Gasteiger partial charge in [0.2, 0.25) is 0 Å². The van der Waals surface area contributed by atoms with Crippen molar-refractivity contribution in [2.75, 3.05) is 0 Å². The Hall–Kier alpha value is -1.59. The monoisotopic (exact) mass is 288 g/mol. The van der Waals surface area contributed by atoms with Gasteiger partial charge in [-0.25, -0.2) is 0 Å². The molecule has 0 amide bonds. The zero-order chi connectivity index (χ0) is 16.1. The molecule has 0 aromatic rings. The van der Waals surface area contributed by atoms with Gasteiger partial charge in [-0.05, 0) is 48.0 Å². The molecule has 0 saturated heterocycles. The molecule has 0 rings (SSSR count). The van der Waals surface area contributed by atoms with Crippen LogP contribution in [0.2, 0.25) is 0 Å². The minimum atomic E-state index is -1.36. The lowest BCUT2D eigenvalue weighted by Gasteiger charge is -2.23. The zero-order valence-electron chi connectivity index (χ0n) is 13.0. The van der Waals surface area contributed by atoms with Crippen LogP contribution in [0.4, 0.5) is 0 Å². The van der Waals surface area contributed by atoms with E-state index >= 15 is 0 Å². The highest BCUT2D eigenvalue weighted by Gasteiger charge is 2.32. The number of esters is 2. The highest BCUT2D eigenvalue weighted by Crippen LogP contribution is 2.17. The minimum Gasteiger partial charge on any atom is -0.481 e. The third-order valence-electron chi connectivity index (χ3n) is 2.05. The second-order valence-corrected chi connectivity index (χ2v) is 6.55. The van der Waals surface area contributed by atoms with Crippen molar-refractivity contribution in [2.24, 2.45) is 5.92 Å². The minimum absolute atomic E-state index is 0.140. The molecule has 0 aliphatic heterocycles. The first kappa shape index (κ1) is 18.4. The van der Waals surface area contributed by atoms with Crippen molar-refractivity contribution in [2.45, 2.75) is 65.6 Å². The second kappa shape index (κ2) is 6.72. The van der Waals surface area contributed by atoms with Gasteiger partial charge in [-0.3, -0.25) is 14.4 Å². The molecule has 0 saturated carbocycles. The van der Waals surface area contributed by atoms with Crippen LogP contribution in [0.3, 0.4) is 0 Å². The number of rotatable bonds is 5. The molecule has 0 aliphatic rings. The molecular formula is C14H24O6. The standard InChI is InChI=1S/C14H24O6/c1-13(2,3)19-10(15)8-7-9(11(16)17)12(18)20-14(4,5)6/h9H,7-8H2,1-6H3,(H,16,17). The van der Waals surface area contributed by atoms with E-state index in [0.29, 0.717) is 0 Å². The van der Waals surface area contributed by atoms with Crippen LogP contribution in [0.15, 0.2) is 0 Å². The first-order chi connectivity index (χ1) is 8.82. The number of hydrogen-bond acceptors (Lipinski definition) is 5. The second-order valence-electron chi connectivity index (χ2n) is 6.55. The molecule has 0 aromatic heterocycles. The average Bonchev–Trinajstić information content (AvgIpc) is 2.10. The fourth-order valence-electron chi connectivity index (χ4n) is 1.37. The molecule has 0 radical (unpaired) electrons. The molecule has 0 heterocycles. The third kappa shape index (κ3) is 8.50. The van der Waals surface area contributed by atoms with Crippen molar-refractivity contribution in [3.63, 3.8) is 0 Å². The van der Waals surface area contributed by atoms with Crippen molar-refractivity contribution in [3.8, 4) is 0 Å². The summed E-state index contributed by atoms with van der Waals surface area (Å²) in [4.78, 5) is 34.3. The molecular weight excluding hydrogens is 264 g/mol. The lowest BCUT2D eigenvalue weighted by Crippen LogP contribution is -2.33. The van der Waals surface area contributed by atoms with Crippen LogP contribution in [0.1, 0.15) is 54.4 Å². The normalized spacial score (nSPS) is 13.5. The van der Waals surface area contributed by atoms with Gasteiger partial charge in [0.15, 0.2) is 5.92 Å². The number of carbonyl (C=O) groups excluding carboxylic acids is 2. The van der Waals surface area contributed by atoms with Crippen LogP contribution < -0.4 is 0 Å². The Labute approximate surface area is 119 Å². The van der Waals surface area contributed by atoms with Gasteiger partial charge in [-0.1, -0.05) is 0 Å². The Kier molecular flexibility index (Phi) is 6.19. The van der Waals surface area contributed by atoms with Crippen LogP contribution in [-0.4, -0.2) is 34.2 Å². The largest absolute Gasteiger partial charge is 0.481 e. The molecule has 1 unspecified atom stereocenters. The molecule has 0 aliphatic carbocycles. The van der Waals surface area contributed by atoms with Crippen molar-refractivity contribution in [1.29, 1.82) is 0 Å². The molecule has 0 fully saturated rings. The van der Waals surface area contributed by atoms with Crippen LogP contribution >= 0.6 is 0 Å². The van der Waals surface area contributed by atoms with E-state index in [2.05, 4.69) is 0 Å². The van der Waals surface area contributed by atoms with Gasteiger partial charge < -0.3 is 14.6 Å². The van der Waals surface area contributed by atoms with Crippen LogP contribution in [0, 0.1) is 5.92 Å². The molecule has 0 spiro atoms. The summed E-state index contributed by atoms with van der Waals surface area (Å²) in [5, 5.41) is 9.03. The van der Waals surface area contributed by atoms with Crippen molar-refractivity contribution < 1.29 is 29.0 Å². The fraction of sp³-hybridized carbons (Fsp3) is 0.786.